The summed E-state index contributed by atoms with van der Waals surface area (Å²) in [6, 6.07) is 0.372. The zero-order valence-corrected chi connectivity index (χ0v) is 11.5. The van der Waals surface area contributed by atoms with Crippen molar-refractivity contribution in [2.75, 3.05) is 17.2 Å². The highest BCUT2D eigenvalue weighted by Gasteiger charge is 2.08. The van der Waals surface area contributed by atoms with Crippen molar-refractivity contribution in [2.45, 2.75) is 46.1 Å². The van der Waals surface area contributed by atoms with Crippen molar-refractivity contribution >= 4 is 23.4 Å². The van der Waals surface area contributed by atoms with Gasteiger partial charge in [-0.15, -0.1) is 0 Å². The summed E-state index contributed by atoms with van der Waals surface area (Å²) in [6.45, 7) is 7.14. The molecule has 0 radical (unpaired) electrons. The molecule has 0 aliphatic heterocycles. The Morgan fingerprint density at radius 3 is 2.82 bits per heavy atom. The number of nitrogens with one attached hydrogen (secondary N) is 2. The van der Waals surface area contributed by atoms with Crippen molar-refractivity contribution in [3.63, 3.8) is 0 Å². The fourth-order valence-electron chi connectivity index (χ4n) is 1.53. The largest absolute Gasteiger partial charge is 0.366 e. The number of aromatic nitrogens is 2. The van der Waals surface area contributed by atoms with Crippen LogP contribution in [0, 0.1) is 0 Å². The van der Waals surface area contributed by atoms with Gasteiger partial charge in [0.25, 0.3) is 0 Å². The average molecular weight is 257 g/mol. The first-order valence-corrected chi connectivity index (χ1v) is 6.58. The van der Waals surface area contributed by atoms with E-state index >= 15 is 0 Å². The summed E-state index contributed by atoms with van der Waals surface area (Å²) in [7, 11) is 0. The van der Waals surface area contributed by atoms with Crippen LogP contribution in [0.1, 0.15) is 40.0 Å². The van der Waals surface area contributed by atoms with Gasteiger partial charge in [-0.05, 0) is 20.3 Å². The van der Waals surface area contributed by atoms with Crippen molar-refractivity contribution in [2.24, 2.45) is 0 Å². The van der Waals surface area contributed by atoms with Gasteiger partial charge in [0.1, 0.15) is 5.02 Å². The van der Waals surface area contributed by atoms with E-state index in [1.807, 2.05) is 6.92 Å². The summed E-state index contributed by atoms with van der Waals surface area (Å²) in [5, 5.41) is 6.96. The van der Waals surface area contributed by atoms with E-state index in [9.17, 15) is 0 Å². The van der Waals surface area contributed by atoms with E-state index in [-0.39, 0.29) is 0 Å². The molecule has 17 heavy (non-hydrogen) atoms. The Morgan fingerprint density at radius 1 is 1.41 bits per heavy atom. The second kappa shape index (κ2) is 7.33. The molecule has 1 aromatic rings. The van der Waals surface area contributed by atoms with Crippen LogP contribution < -0.4 is 10.6 Å². The van der Waals surface area contributed by atoms with E-state index in [0.29, 0.717) is 22.8 Å². The molecule has 0 aromatic carbocycles. The Morgan fingerprint density at radius 2 is 2.18 bits per heavy atom. The van der Waals surface area contributed by atoms with Crippen LogP contribution in [0.2, 0.25) is 5.02 Å². The molecule has 96 valence electrons. The molecule has 1 rings (SSSR count). The standard InChI is InChI=1S/C12H21ClN4/c1-4-6-7-9(3)16-11-10(13)8-15-12(17-11)14-5-2/h8-9H,4-7H2,1-3H3,(H2,14,15,16,17). The lowest BCUT2D eigenvalue weighted by atomic mass is 10.1. The maximum absolute atomic E-state index is 6.06. The summed E-state index contributed by atoms with van der Waals surface area (Å²) in [5.41, 5.74) is 0. The van der Waals surface area contributed by atoms with Gasteiger partial charge in [-0.3, -0.25) is 0 Å². The highest BCUT2D eigenvalue weighted by atomic mass is 35.5. The number of hydrogen-bond donors (Lipinski definition) is 2. The summed E-state index contributed by atoms with van der Waals surface area (Å²) >= 11 is 6.06. The molecule has 0 aliphatic carbocycles. The maximum atomic E-state index is 6.06. The van der Waals surface area contributed by atoms with Gasteiger partial charge in [-0.2, -0.15) is 4.98 Å². The van der Waals surface area contributed by atoms with Crippen LogP contribution in [-0.2, 0) is 0 Å². The molecule has 0 aliphatic rings. The molecule has 2 N–H and O–H groups in total. The molecule has 1 heterocycles. The zero-order valence-electron chi connectivity index (χ0n) is 10.8. The van der Waals surface area contributed by atoms with Gasteiger partial charge in [0.2, 0.25) is 5.95 Å². The summed E-state index contributed by atoms with van der Waals surface area (Å²) in [4.78, 5) is 8.45. The van der Waals surface area contributed by atoms with Gasteiger partial charge in [0.15, 0.2) is 5.82 Å². The summed E-state index contributed by atoms with van der Waals surface area (Å²) in [5.74, 6) is 1.32. The van der Waals surface area contributed by atoms with Crippen molar-refractivity contribution in [3.05, 3.63) is 11.2 Å². The van der Waals surface area contributed by atoms with E-state index in [2.05, 4.69) is 34.4 Å². The Balaban J connectivity index is 2.64. The van der Waals surface area contributed by atoms with Crippen molar-refractivity contribution in [3.8, 4) is 0 Å². The number of rotatable bonds is 7. The van der Waals surface area contributed by atoms with E-state index in [0.717, 1.165) is 13.0 Å². The van der Waals surface area contributed by atoms with Crippen LogP contribution in [-0.4, -0.2) is 22.6 Å². The maximum Gasteiger partial charge on any atom is 0.224 e. The first-order chi connectivity index (χ1) is 8.17. The van der Waals surface area contributed by atoms with Gasteiger partial charge in [0, 0.05) is 12.6 Å². The lowest BCUT2D eigenvalue weighted by Gasteiger charge is -2.15. The number of halogens is 1. The van der Waals surface area contributed by atoms with Crippen LogP contribution in [0.15, 0.2) is 6.20 Å². The second-order valence-electron chi connectivity index (χ2n) is 4.11. The minimum atomic E-state index is 0.372. The zero-order chi connectivity index (χ0) is 12.7. The predicted molar refractivity (Wildman–Crippen MR) is 73.8 cm³/mol. The Kier molecular flexibility index (Phi) is 6.05. The first kappa shape index (κ1) is 14.0. The third kappa shape index (κ3) is 4.77. The summed E-state index contributed by atoms with van der Waals surface area (Å²) in [6.07, 6.45) is 5.15. The Hall–Kier alpha value is -1.03. The van der Waals surface area contributed by atoms with Crippen LogP contribution in [0.25, 0.3) is 0 Å². The minimum Gasteiger partial charge on any atom is -0.366 e. The molecule has 0 fully saturated rings. The third-order valence-electron chi connectivity index (χ3n) is 2.45. The highest BCUT2D eigenvalue weighted by molar-refractivity contribution is 6.32. The Bertz CT molecular complexity index is 343. The molecule has 0 saturated carbocycles. The number of hydrogen-bond acceptors (Lipinski definition) is 4. The van der Waals surface area contributed by atoms with E-state index in [1.54, 1.807) is 6.20 Å². The van der Waals surface area contributed by atoms with Crippen LogP contribution >= 0.6 is 11.6 Å². The van der Waals surface area contributed by atoms with Gasteiger partial charge < -0.3 is 10.6 Å². The van der Waals surface area contributed by atoms with Gasteiger partial charge in [0.05, 0.1) is 6.20 Å². The van der Waals surface area contributed by atoms with Gasteiger partial charge in [-0.25, -0.2) is 4.98 Å². The summed E-state index contributed by atoms with van der Waals surface area (Å²) < 4.78 is 0. The molecule has 1 unspecified atom stereocenters. The Labute approximate surface area is 108 Å². The predicted octanol–water partition coefficient (Wildman–Crippen LogP) is 3.55. The fourth-order valence-corrected chi connectivity index (χ4v) is 1.67. The highest BCUT2D eigenvalue weighted by Crippen LogP contribution is 2.21. The molecule has 4 nitrogen and oxygen atoms in total. The smallest absolute Gasteiger partial charge is 0.224 e. The van der Waals surface area contributed by atoms with Crippen LogP contribution in [0.5, 0.6) is 0 Å². The third-order valence-corrected chi connectivity index (χ3v) is 2.73. The molecule has 0 spiro atoms. The first-order valence-electron chi connectivity index (χ1n) is 6.20. The lowest BCUT2D eigenvalue weighted by molar-refractivity contribution is 0.643. The van der Waals surface area contributed by atoms with Gasteiger partial charge >= 0.3 is 0 Å². The van der Waals surface area contributed by atoms with Crippen LogP contribution in [0.3, 0.4) is 0 Å². The minimum absolute atomic E-state index is 0.372. The quantitative estimate of drug-likeness (QED) is 0.783. The monoisotopic (exact) mass is 256 g/mol. The van der Waals surface area contributed by atoms with E-state index in [4.69, 9.17) is 11.6 Å². The van der Waals surface area contributed by atoms with Crippen molar-refractivity contribution in [1.82, 2.24) is 9.97 Å². The van der Waals surface area contributed by atoms with Crippen molar-refractivity contribution < 1.29 is 0 Å². The number of nitrogens with zero attached hydrogens (tertiary/aromatic N) is 2. The number of anilines is 2. The molecule has 1 atom stereocenters. The lowest BCUT2D eigenvalue weighted by Crippen LogP contribution is -2.17. The molecule has 5 heteroatoms. The molecule has 1 aromatic heterocycles. The normalized spacial score (nSPS) is 12.2. The van der Waals surface area contributed by atoms with Crippen molar-refractivity contribution in [1.29, 1.82) is 0 Å². The molecule has 0 saturated heterocycles. The molecular weight excluding hydrogens is 236 g/mol. The topological polar surface area (TPSA) is 49.8 Å². The number of unbranched alkanes of at least 4 members (excludes halogenated alkanes) is 1. The fraction of sp³-hybridized carbons (Fsp3) is 0.667. The van der Waals surface area contributed by atoms with E-state index in [1.165, 1.54) is 12.8 Å². The van der Waals surface area contributed by atoms with E-state index < -0.39 is 0 Å². The van der Waals surface area contributed by atoms with Crippen LogP contribution in [0.4, 0.5) is 11.8 Å². The van der Waals surface area contributed by atoms with Gasteiger partial charge in [-0.1, -0.05) is 31.4 Å². The molecule has 0 bridgehead atoms. The molecular formula is C12H21ClN4. The second-order valence-corrected chi connectivity index (χ2v) is 4.52. The molecule has 0 amide bonds. The SMILES string of the molecule is CCCCC(C)Nc1nc(NCC)ncc1Cl. The average Bonchev–Trinajstić information content (AvgIpc) is 2.31.